The van der Waals surface area contributed by atoms with Crippen molar-refractivity contribution in [2.24, 2.45) is 0 Å². The van der Waals surface area contributed by atoms with E-state index in [1.807, 2.05) is 59.3 Å². The number of anilines is 1. The van der Waals surface area contributed by atoms with Crippen LogP contribution in [0.3, 0.4) is 0 Å². The highest BCUT2D eigenvalue weighted by Crippen LogP contribution is 2.30. The van der Waals surface area contributed by atoms with Gasteiger partial charge in [0, 0.05) is 16.8 Å². The molecule has 4 aromatic carbocycles. The highest BCUT2D eigenvalue weighted by molar-refractivity contribution is 5.71. The average Bonchev–Trinajstić information content (AvgIpc) is 3.30. The van der Waals surface area contributed by atoms with Gasteiger partial charge in [0.1, 0.15) is 12.4 Å². The second-order valence-corrected chi connectivity index (χ2v) is 8.08. The number of aryl methyl sites for hydroxylation is 1. The van der Waals surface area contributed by atoms with Crippen LogP contribution in [0.15, 0.2) is 109 Å². The van der Waals surface area contributed by atoms with E-state index in [0.29, 0.717) is 6.61 Å². The Morgan fingerprint density at radius 1 is 0.758 bits per heavy atom. The summed E-state index contributed by atoms with van der Waals surface area (Å²) in [7, 11) is 0. The number of hydrogen-bond acceptors (Lipinski definition) is 3. The van der Waals surface area contributed by atoms with Crippen LogP contribution in [-0.2, 0) is 6.61 Å². The minimum absolute atomic E-state index is 0.544. The molecule has 0 saturated carbocycles. The van der Waals surface area contributed by atoms with Crippen LogP contribution >= 0.6 is 0 Å². The van der Waals surface area contributed by atoms with Gasteiger partial charge >= 0.3 is 0 Å². The van der Waals surface area contributed by atoms with Crippen molar-refractivity contribution in [1.82, 2.24) is 9.78 Å². The Labute approximate surface area is 193 Å². The first kappa shape index (κ1) is 20.6. The quantitative estimate of drug-likeness (QED) is 0.305. The highest BCUT2D eigenvalue weighted by atomic mass is 16.5. The first-order chi connectivity index (χ1) is 16.2. The molecular weight excluding hydrogens is 406 g/mol. The molecule has 0 bridgehead atoms. The molecule has 0 amide bonds. The second kappa shape index (κ2) is 9.05. The summed E-state index contributed by atoms with van der Waals surface area (Å²) >= 11 is 0. The molecule has 2 N–H and O–H groups in total. The van der Waals surface area contributed by atoms with Gasteiger partial charge < -0.3 is 10.5 Å². The smallest absolute Gasteiger partial charge is 0.119 e. The summed E-state index contributed by atoms with van der Waals surface area (Å²) < 4.78 is 7.95. The summed E-state index contributed by atoms with van der Waals surface area (Å²) in [4.78, 5) is 0. The number of nitrogen functional groups attached to an aromatic ring is 1. The van der Waals surface area contributed by atoms with Crippen molar-refractivity contribution in [3.63, 3.8) is 0 Å². The Bertz CT molecular complexity index is 1340. The molecule has 1 heterocycles. The van der Waals surface area contributed by atoms with E-state index in [4.69, 9.17) is 15.6 Å². The zero-order valence-corrected chi connectivity index (χ0v) is 18.5. The fourth-order valence-corrected chi connectivity index (χ4v) is 3.73. The number of ether oxygens (including phenoxy) is 1. The molecule has 4 nitrogen and oxygen atoms in total. The normalized spacial score (nSPS) is 10.8. The van der Waals surface area contributed by atoms with Crippen molar-refractivity contribution in [2.45, 2.75) is 13.5 Å². The Morgan fingerprint density at radius 2 is 1.42 bits per heavy atom. The Kier molecular flexibility index (Phi) is 5.64. The molecule has 1 aromatic heterocycles. The maximum atomic E-state index is 5.96. The lowest BCUT2D eigenvalue weighted by molar-refractivity contribution is 0.306. The van der Waals surface area contributed by atoms with Crippen LogP contribution in [0.4, 0.5) is 5.69 Å². The van der Waals surface area contributed by atoms with E-state index in [0.717, 1.165) is 45.2 Å². The monoisotopic (exact) mass is 431 g/mol. The maximum Gasteiger partial charge on any atom is 0.119 e. The molecule has 0 aliphatic heterocycles. The number of nitrogens with zero attached hydrogens (tertiary/aromatic N) is 2. The molecule has 5 rings (SSSR count). The fourth-order valence-electron chi connectivity index (χ4n) is 3.73. The van der Waals surface area contributed by atoms with Crippen LogP contribution in [0.25, 0.3) is 28.2 Å². The molecular formula is C29H25N3O. The third kappa shape index (κ3) is 4.65. The third-order valence-corrected chi connectivity index (χ3v) is 5.59. The van der Waals surface area contributed by atoms with Crippen molar-refractivity contribution in [1.29, 1.82) is 0 Å². The fraction of sp³-hybridized carbons (Fsp3) is 0.0690. The summed E-state index contributed by atoms with van der Waals surface area (Å²) in [6.45, 7) is 2.63. The van der Waals surface area contributed by atoms with Gasteiger partial charge in [-0.05, 0) is 67.1 Å². The number of benzene rings is 4. The largest absolute Gasteiger partial charge is 0.489 e. The molecule has 162 valence electrons. The average molecular weight is 432 g/mol. The summed E-state index contributed by atoms with van der Waals surface area (Å²) in [5, 5.41) is 4.93. The first-order valence-electron chi connectivity index (χ1n) is 11.0. The van der Waals surface area contributed by atoms with Crippen molar-refractivity contribution in [2.75, 3.05) is 5.73 Å². The SMILES string of the molecule is Cc1ccc(-n2nc(-c3ccc(N)cc3)cc2-c2ccc(OCc3ccccc3)cc2)cc1. The summed E-state index contributed by atoms with van der Waals surface area (Å²) in [6, 6.07) is 36.7. The zero-order chi connectivity index (χ0) is 22.6. The molecule has 0 atom stereocenters. The van der Waals surface area contributed by atoms with E-state index >= 15 is 0 Å². The standard InChI is InChI=1S/C29H25N3O/c1-21-7-15-26(16-8-21)32-29(19-28(31-32)23-9-13-25(30)14-10-23)24-11-17-27(18-12-24)33-20-22-5-3-2-4-6-22/h2-19H,20,30H2,1H3. The number of aromatic nitrogens is 2. The van der Waals surface area contributed by atoms with Gasteiger partial charge in [-0.1, -0.05) is 60.2 Å². The minimum atomic E-state index is 0.544. The van der Waals surface area contributed by atoms with Gasteiger partial charge in [0.05, 0.1) is 17.1 Å². The molecule has 5 aromatic rings. The van der Waals surface area contributed by atoms with E-state index in [9.17, 15) is 0 Å². The van der Waals surface area contributed by atoms with Crippen molar-refractivity contribution in [3.05, 3.63) is 120 Å². The van der Waals surface area contributed by atoms with Crippen LogP contribution in [0, 0.1) is 6.92 Å². The van der Waals surface area contributed by atoms with Gasteiger partial charge in [-0.25, -0.2) is 4.68 Å². The molecule has 33 heavy (non-hydrogen) atoms. The lowest BCUT2D eigenvalue weighted by atomic mass is 10.1. The van der Waals surface area contributed by atoms with Gasteiger partial charge in [0.15, 0.2) is 0 Å². The van der Waals surface area contributed by atoms with E-state index < -0.39 is 0 Å². The molecule has 0 fully saturated rings. The lowest BCUT2D eigenvalue weighted by Gasteiger charge is -2.10. The van der Waals surface area contributed by atoms with Crippen molar-refractivity contribution < 1.29 is 4.74 Å². The topological polar surface area (TPSA) is 53.1 Å². The minimum Gasteiger partial charge on any atom is -0.489 e. The Hall–Kier alpha value is -4.31. The van der Waals surface area contributed by atoms with Gasteiger partial charge in [0.25, 0.3) is 0 Å². The Morgan fingerprint density at radius 3 is 2.12 bits per heavy atom. The third-order valence-electron chi connectivity index (χ3n) is 5.59. The van der Waals surface area contributed by atoms with Gasteiger partial charge in [0.2, 0.25) is 0 Å². The lowest BCUT2D eigenvalue weighted by Crippen LogP contribution is -1.99. The van der Waals surface area contributed by atoms with E-state index in [-0.39, 0.29) is 0 Å². The summed E-state index contributed by atoms with van der Waals surface area (Å²) in [5.41, 5.74) is 14.0. The number of nitrogens with two attached hydrogens (primary N) is 1. The molecule has 0 unspecified atom stereocenters. The van der Waals surface area contributed by atoms with Crippen molar-refractivity contribution in [3.8, 4) is 34.0 Å². The summed E-state index contributed by atoms with van der Waals surface area (Å²) in [5.74, 6) is 0.836. The molecule has 0 aliphatic rings. The molecule has 0 spiro atoms. The van der Waals surface area contributed by atoms with E-state index in [1.54, 1.807) is 0 Å². The van der Waals surface area contributed by atoms with Gasteiger partial charge in [-0.3, -0.25) is 0 Å². The number of hydrogen-bond donors (Lipinski definition) is 1. The molecule has 0 aliphatic carbocycles. The maximum absolute atomic E-state index is 5.96. The van der Waals surface area contributed by atoms with Gasteiger partial charge in [-0.2, -0.15) is 5.10 Å². The van der Waals surface area contributed by atoms with E-state index in [2.05, 4.69) is 61.5 Å². The second-order valence-electron chi connectivity index (χ2n) is 8.08. The van der Waals surface area contributed by atoms with Crippen LogP contribution in [0.1, 0.15) is 11.1 Å². The predicted octanol–water partition coefficient (Wildman–Crippen LogP) is 6.68. The van der Waals surface area contributed by atoms with E-state index in [1.165, 1.54) is 5.56 Å². The first-order valence-corrected chi connectivity index (χ1v) is 11.0. The summed E-state index contributed by atoms with van der Waals surface area (Å²) in [6.07, 6.45) is 0. The molecule has 4 heteroatoms. The van der Waals surface area contributed by atoms with Crippen LogP contribution in [0.5, 0.6) is 5.75 Å². The van der Waals surface area contributed by atoms with Crippen LogP contribution in [0.2, 0.25) is 0 Å². The van der Waals surface area contributed by atoms with Gasteiger partial charge in [-0.15, -0.1) is 0 Å². The predicted molar refractivity (Wildman–Crippen MR) is 134 cm³/mol. The molecule has 0 radical (unpaired) electrons. The molecule has 0 saturated heterocycles. The van der Waals surface area contributed by atoms with Crippen molar-refractivity contribution >= 4 is 5.69 Å². The number of rotatable bonds is 6. The van der Waals surface area contributed by atoms with Crippen LogP contribution < -0.4 is 10.5 Å². The zero-order valence-electron chi connectivity index (χ0n) is 18.5. The van der Waals surface area contributed by atoms with Crippen LogP contribution in [-0.4, -0.2) is 9.78 Å². The Balaban J connectivity index is 1.48. The highest BCUT2D eigenvalue weighted by Gasteiger charge is 2.13.